The van der Waals surface area contributed by atoms with Gasteiger partial charge in [0.25, 0.3) is 0 Å². The smallest absolute Gasteiger partial charge is 0.0655 e. The number of benzene rings is 3. The van der Waals surface area contributed by atoms with Gasteiger partial charge in [-0.05, 0) is 92.7 Å². The number of aliphatic imine (C=N–C) groups is 2. The van der Waals surface area contributed by atoms with Crippen LogP contribution in [0, 0.1) is 0 Å². The van der Waals surface area contributed by atoms with Crippen molar-refractivity contribution in [2.24, 2.45) is 16.6 Å². The lowest BCUT2D eigenvalue weighted by Crippen LogP contribution is -2.16. The van der Waals surface area contributed by atoms with E-state index in [2.05, 4.69) is 190 Å². The Hall–Kier alpha value is -6.02. The van der Waals surface area contributed by atoms with Crippen LogP contribution in [0.5, 0.6) is 0 Å². The highest BCUT2D eigenvalue weighted by Gasteiger charge is 2.29. The van der Waals surface area contributed by atoms with Gasteiger partial charge in [-0.25, -0.2) is 0 Å². The molecule has 6 rings (SSSR count). The molecule has 4 aromatic rings. The van der Waals surface area contributed by atoms with E-state index >= 15 is 0 Å². The van der Waals surface area contributed by atoms with Crippen LogP contribution in [0.4, 0.5) is 11.4 Å². The van der Waals surface area contributed by atoms with Crippen molar-refractivity contribution in [3.8, 4) is 22.0 Å². The average molecular weight is 750 g/mol. The fourth-order valence-electron chi connectivity index (χ4n) is 7.37. The van der Waals surface area contributed by atoms with E-state index in [1.54, 1.807) is 0 Å². The molecule has 4 heteroatoms. The summed E-state index contributed by atoms with van der Waals surface area (Å²) in [5, 5.41) is 4.24. The molecule has 0 amide bonds. The normalized spacial score (nSPS) is 15.9. The second-order valence-corrected chi connectivity index (χ2v) is 15.6. The highest BCUT2D eigenvalue weighted by atomic mass is 31.1. The van der Waals surface area contributed by atoms with E-state index in [0.29, 0.717) is 6.42 Å². The van der Waals surface area contributed by atoms with E-state index < -0.39 is 7.53 Å². The van der Waals surface area contributed by atoms with Crippen molar-refractivity contribution >= 4 is 41.3 Å². The summed E-state index contributed by atoms with van der Waals surface area (Å²) < 4.78 is 0. The minimum atomic E-state index is -0.528. The molecule has 0 spiro atoms. The van der Waals surface area contributed by atoms with E-state index in [9.17, 15) is 0 Å². The zero-order valence-electron chi connectivity index (χ0n) is 33.6. The third-order valence-corrected chi connectivity index (χ3v) is 12.4. The van der Waals surface area contributed by atoms with Gasteiger partial charge in [-0.3, -0.25) is 9.98 Å². The van der Waals surface area contributed by atoms with Crippen LogP contribution in [-0.2, 0) is 6.66 Å². The van der Waals surface area contributed by atoms with Gasteiger partial charge in [0.05, 0.1) is 17.1 Å². The Kier molecular flexibility index (Phi) is 13.5. The van der Waals surface area contributed by atoms with E-state index in [1.807, 2.05) is 33.2 Å². The van der Waals surface area contributed by atoms with Crippen molar-refractivity contribution in [3.63, 3.8) is 0 Å². The number of hydrogen-bond donors (Lipinski definition) is 0. The van der Waals surface area contributed by atoms with Gasteiger partial charge >= 0.3 is 0 Å². The molecule has 3 nitrogen and oxygen atoms in total. The minimum absolute atomic E-state index is 0.528. The lowest BCUT2D eigenvalue weighted by atomic mass is 9.99. The SMILES string of the molecule is C=C(/C=C\C(=C/C)N1c2ccccc2-c2c(p(C)c3ccccc23)-c2ccccc21)C(\C=C(C/C=C\C(=C/C)C1=CC=CC=CC1)/N=C\C(\C=C/C)=C\C)=NC. The molecular weight excluding hydrogens is 698 g/mol. The predicted octanol–water partition coefficient (Wildman–Crippen LogP) is 15.0. The maximum atomic E-state index is 4.97. The third kappa shape index (κ3) is 8.60. The number of allylic oxidation sites excluding steroid dienone is 19. The average Bonchev–Trinajstić information content (AvgIpc) is 3.38. The molecule has 0 fully saturated rings. The van der Waals surface area contributed by atoms with Crippen LogP contribution in [0.1, 0.15) is 40.5 Å². The second-order valence-electron chi connectivity index (χ2n) is 13.6. The van der Waals surface area contributed by atoms with Gasteiger partial charge < -0.3 is 4.90 Å². The zero-order valence-corrected chi connectivity index (χ0v) is 34.5. The Morgan fingerprint density at radius 1 is 0.804 bits per heavy atom. The molecule has 1 aliphatic carbocycles. The number of aryl methyl sites for hydroxylation is 1. The Morgan fingerprint density at radius 2 is 1.54 bits per heavy atom. The van der Waals surface area contributed by atoms with Crippen molar-refractivity contribution in [2.75, 3.05) is 11.9 Å². The largest absolute Gasteiger partial charge is 0.310 e. The molecule has 0 saturated heterocycles. The van der Waals surface area contributed by atoms with Crippen molar-refractivity contribution in [1.29, 1.82) is 0 Å². The first kappa shape index (κ1) is 39.7. The van der Waals surface area contributed by atoms with Gasteiger partial charge in [0, 0.05) is 58.2 Å². The second kappa shape index (κ2) is 19.0. The van der Waals surface area contributed by atoms with E-state index in [1.165, 1.54) is 49.3 Å². The van der Waals surface area contributed by atoms with Crippen molar-refractivity contribution in [1.82, 2.24) is 0 Å². The zero-order chi connectivity index (χ0) is 39.4. The molecule has 56 heavy (non-hydrogen) atoms. The summed E-state index contributed by atoms with van der Waals surface area (Å²) in [6.07, 6.45) is 35.3. The monoisotopic (exact) mass is 749 g/mol. The number of rotatable bonds is 12. The quantitative estimate of drug-likeness (QED) is 0.105. The molecule has 1 aliphatic heterocycles. The lowest BCUT2D eigenvalue weighted by molar-refractivity contribution is 1.16. The molecule has 280 valence electrons. The molecule has 3 aromatic carbocycles. The van der Waals surface area contributed by atoms with Gasteiger partial charge in [-0.2, -0.15) is 0 Å². The molecule has 0 N–H and O–H groups in total. The Labute approximate surface area is 335 Å². The highest BCUT2D eigenvalue weighted by molar-refractivity contribution is 7.57. The Morgan fingerprint density at radius 3 is 2.27 bits per heavy atom. The molecule has 0 bridgehead atoms. The highest BCUT2D eigenvalue weighted by Crippen LogP contribution is 2.60. The molecule has 1 atom stereocenters. The first-order valence-corrected chi connectivity index (χ1v) is 21.2. The molecule has 1 unspecified atom stereocenters. The standard InChI is InChI=1S/C52H52N3P/c1-8-23-39(9-2)37-54-42(27-22-26-40(10-3)41-24-14-12-13-15-25-41)36-47(53-6)38(5)34-35-43(11-4)55-48-31-19-16-28-44(48)51-46-30-18-21-33-50(46)56(7)52(51)45-29-17-20-32-49(45)55/h8-24,26,28-37H,5,25,27H2,1-4,6-7H3/b23-8-,26-22-,35-34-,39-9+,40-10+,42-36-,43-11+,53-47?,54-37-. The summed E-state index contributed by atoms with van der Waals surface area (Å²) in [6.45, 7) is 15.2. The third-order valence-electron chi connectivity index (χ3n) is 10.2. The maximum Gasteiger partial charge on any atom is 0.0655 e. The molecule has 1 aromatic heterocycles. The molecule has 2 heterocycles. The predicted molar refractivity (Wildman–Crippen MR) is 250 cm³/mol. The first-order chi connectivity index (χ1) is 27.4. The fraction of sp³-hybridized carbons (Fsp3) is 0.154. The van der Waals surface area contributed by atoms with Crippen molar-refractivity contribution < 1.29 is 0 Å². The van der Waals surface area contributed by atoms with Crippen LogP contribution in [0.15, 0.2) is 214 Å². The van der Waals surface area contributed by atoms with E-state index in [4.69, 9.17) is 9.98 Å². The number of nitrogens with zero attached hydrogens (tertiary/aromatic N) is 3. The molecule has 0 saturated carbocycles. The van der Waals surface area contributed by atoms with Gasteiger partial charge in [0.15, 0.2) is 0 Å². The summed E-state index contributed by atoms with van der Waals surface area (Å²) >= 11 is 0. The summed E-state index contributed by atoms with van der Waals surface area (Å²) in [5.41, 5.74) is 13.3. The Balaban J connectivity index is 1.35. The summed E-state index contributed by atoms with van der Waals surface area (Å²) in [4.78, 5) is 12.1. The van der Waals surface area contributed by atoms with Gasteiger partial charge in [0.2, 0.25) is 0 Å². The minimum Gasteiger partial charge on any atom is -0.310 e. The summed E-state index contributed by atoms with van der Waals surface area (Å²) in [5.74, 6) is 0. The summed E-state index contributed by atoms with van der Waals surface area (Å²) in [6, 6.07) is 26.7. The number of para-hydroxylation sites is 2. The van der Waals surface area contributed by atoms with Gasteiger partial charge in [0.1, 0.15) is 0 Å². The van der Waals surface area contributed by atoms with Crippen LogP contribution in [0.3, 0.4) is 0 Å². The fourth-order valence-corrected chi connectivity index (χ4v) is 9.59. The molecule has 0 radical (unpaired) electrons. The number of anilines is 2. The van der Waals surface area contributed by atoms with E-state index in [-0.39, 0.29) is 0 Å². The number of fused-ring (bicyclic) bond motifs is 7. The first-order valence-electron chi connectivity index (χ1n) is 19.4. The van der Waals surface area contributed by atoms with Gasteiger partial charge in [-0.15, -0.1) is 7.53 Å². The van der Waals surface area contributed by atoms with Crippen molar-refractivity contribution in [3.05, 3.63) is 204 Å². The van der Waals surface area contributed by atoms with Crippen LogP contribution in [-0.4, -0.2) is 19.0 Å². The van der Waals surface area contributed by atoms with Crippen LogP contribution < -0.4 is 4.90 Å². The van der Waals surface area contributed by atoms with Crippen LogP contribution in [0.2, 0.25) is 0 Å². The van der Waals surface area contributed by atoms with Crippen LogP contribution in [0.25, 0.3) is 32.5 Å². The van der Waals surface area contributed by atoms with E-state index in [0.717, 1.165) is 40.4 Å². The lowest BCUT2D eigenvalue weighted by Gasteiger charge is -2.28. The van der Waals surface area contributed by atoms with Crippen molar-refractivity contribution in [2.45, 2.75) is 40.5 Å². The summed E-state index contributed by atoms with van der Waals surface area (Å²) in [7, 11) is 1.29. The van der Waals surface area contributed by atoms with Crippen LogP contribution >= 0.6 is 7.53 Å². The Bertz CT molecular complexity index is 2490. The molecular formula is C52H52N3P. The maximum absolute atomic E-state index is 4.97. The number of hydrogen-bond acceptors (Lipinski definition) is 3. The topological polar surface area (TPSA) is 28.0 Å². The molecule has 2 aliphatic rings. The van der Waals surface area contributed by atoms with Gasteiger partial charge in [-0.1, -0.05) is 146 Å².